The molecule has 2 amide bonds. The first kappa shape index (κ1) is 16.7. The molecule has 3 rings (SSSR count). The van der Waals surface area contributed by atoms with Gasteiger partial charge in [-0.2, -0.15) is 0 Å². The standard InChI is InChI=1S/C17H21N3O3S/c1-3-23-17(22)20-8-6-13(7-9-20)19-16(21)12-4-5-14-15(10-12)24-11(2)18-14/h4-5,10,13H,3,6-9H2,1-2H3,(H,19,21). The van der Waals surface area contributed by atoms with Crippen molar-refractivity contribution in [1.29, 1.82) is 0 Å². The highest BCUT2D eigenvalue weighted by Gasteiger charge is 2.24. The highest BCUT2D eigenvalue weighted by molar-refractivity contribution is 7.18. The molecular weight excluding hydrogens is 326 g/mol. The summed E-state index contributed by atoms with van der Waals surface area (Å²) in [5, 5.41) is 4.06. The van der Waals surface area contributed by atoms with Crippen LogP contribution in [0, 0.1) is 6.92 Å². The molecule has 1 aromatic carbocycles. The predicted molar refractivity (Wildman–Crippen MR) is 93.4 cm³/mol. The highest BCUT2D eigenvalue weighted by atomic mass is 32.1. The first-order valence-electron chi connectivity index (χ1n) is 8.16. The summed E-state index contributed by atoms with van der Waals surface area (Å²) in [6, 6.07) is 5.67. The molecule has 1 aromatic heterocycles. The number of aromatic nitrogens is 1. The van der Waals surface area contributed by atoms with Crippen molar-refractivity contribution in [3.05, 3.63) is 28.8 Å². The fourth-order valence-corrected chi connectivity index (χ4v) is 3.74. The highest BCUT2D eigenvalue weighted by Crippen LogP contribution is 2.23. The topological polar surface area (TPSA) is 71.5 Å². The van der Waals surface area contributed by atoms with Crippen molar-refractivity contribution in [2.75, 3.05) is 19.7 Å². The Bertz CT molecular complexity index is 751. The number of hydrogen-bond donors (Lipinski definition) is 1. The van der Waals surface area contributed by atoms with Crippen LogP contribution in [0.5, 0.6) is 0 Å². The van der Waals surface area contributed by atoms with Gasteiger partial charge in [0.2, 0.25) is 0 Å². The maximum Gasteiger partial charge on any atom is 0.409 e. The van der Waals surface area contributed by atoms with Crippen molar-refractivity contribution < 1.29 is 14.3 Å². The first-order chi connectivity index (χ1) is 11.6. The van der Waals surface area contributed by atoms with Gasteiger partial charge in [0.25, 0.3) is 5.91 Å². The van der Waals surface area contributed by atoms with Gasteiger partial charge in [-0.25, -0.2) is 9.78 Å². The van der Waals surface area contributed by atoms with Crippen molar-refractivity contribution >= 4 is 33.6 Å². The Labute approximate surface area is 144 Å². The minimum atomic E-state index is -0.270. The number of benzene rings is 1. The van der Waals surface area contributed by atoms with Gasteiger partial charge in [-0.3, -0.25) is 4.79 Å². The third kappa shape index (κ3) is 3.67. The second kappa shape index (κ2) is 7.17. The van der Waals surface area contributed by atoms with E-state index < -0.39 is 0 Å². The van der Waals surface area contributed by atoms with Crippen LogP contribution in [-0.4, -0.2) is 47.6 Å². The molecule has 2 heterocycles. The van der Waals surface area contributed by atoms with Crippen molar-refractivity contribution in [3.8, 4) is 0 Å². The molecule has 7 heteroatoms. The Morgan fingerprint density at radius 3 is 2.83 bits per heavy atom. The molecule has 1 aliphatic heterocycles. The maximum absolute atomic E-state index is 12.4. The minimum Gasteiger partial charge on any atom is -0.450 e. The molecule has 0 radical (unpaired) electrons. The largest absolute Gasteiger partial charge is 0.450 e. The summed E-state index contributed by atoms with van der Waals surface area (Å²) in [4.78, 5) is 30.2. The number of carbonyl (C=O) groups is 2. The van der Waals surface area contributed by atoms with E-state index in [0.717, 1.165) is 28.1 Å². The summed E-state index contributed by atoms with van der Waals surface area (Å²) in [5.41, 5.74) is 1.58. The van der Waals surface area contributed by atoms with Crippen LogP contribution in [0.1, 0.15) is 35.1 Å². The number of rotatable bonds is 3. The molecule has 0 atom stereocenters. The van der Waals surface area contributed by atoms with Crippen LogP contribution in [0.15, 0.2) is 18.2 Å². The van der Waals surface area contributed by atoms with Gasteiger partial charge in [0.15, 0.2) is 0 Å². The summed E-state index contributed by atoms with van der Waals surface area (Å²) in [5.74, 6) is -0.0717. The molecule has 1 N–H and O–H groups in total. The number of nitrogens with zero attached hydrogens (tertiary/aromatic N) is 2. The van der Waals surface area contributed by atoms with Gasteiger partial charge >= 0.3 is 6.09 Å². The maximum atomic E-state index is 12.4. The monoisotopic (exact) mass is 347 g/mol. The zero-order valence-electron chi connectivity index (χ0n) is 13.9. The lowest BCUT2D eigenvalue weighted by atomic mass is 10.0. The molecule has 0 aliphatic carbocycles. The van der Waals surface area contributed by atoms with E-state index in [1.165, 1.54) is 0 Å². The quantitative estimate of drug-likeness (QED) is 0.926. The lowest BCUT2D eigenvalue weighted by Gasteiger charge is -2.31. The van der Waals surface area contributed by atoms with Crippen molar-refractivity contribution in [2.45, 2.75) is 32.7 Å². The number of amides is 2. The molecule has 1 saturated heterocycles. The van der Waals surface area contributed by atoms with E-state index in [2.05, 4.69) is 10.3 Å². The third-order valence-corrected chi connectivity index (χ3v) is 5.05. The Morgan fingerprint density at radius 2 is 2.12 bits per heavy atom. The number of carbonyl (C=O) groups excluding carboxylic acids is 2. The number of nitrogens with one attached hydrogen (secondary N) is 1. The molecule has 6 nitrogen and oxygen atoms in total. The molecule has 2 aromatic rings. The average molecular weight is 347 g/mol. The number of hydrogen-bond acceptors (Lipinski definition) is 5. The molecular formula is C17H21N3O3S. The molecule has 24 heavy (non-hydrogen) atoms. The normalized spacial score (nSPS) is 15.5. The number of piperidine rings is 1. The minimum absolute atomic E-state index is 0.0717. The Morgan fingerprint density at radius 1 is 1.38 bits per heavy atom. The van der Waals surface area contributed by atoms with Gasteiger partial charge in [0.05, 0.1) is 21.8 Å². The molecule has 1 fully saturated rings. The van der Waals surface area contributed by atoms with Crippen molar-refractivity contribution in [2.24, 2.45) is 0 Å². The lowest BCUT2D eigenvalue weighted by Crippen LogP contribution is -2.46. The van der Waals surface area contributed by atoms with Gasteiger partial charge < -0.3 is 15.0 Å². The van der Waals surface area contributed by atoms with Crippen LogP contribution in [0.4, 0.5) is 4.79 Å². The number of likely N-dealkylation sites (tertiary alicyclic amines) is 1. The number of thiazole rings is 1. The Balaban J connectivity index is 1.58. The van der Waals surface area contributed by atoms with E-state index in [1.54, 1.807) is 23.2 Å². The SMILES string of the molecule is CCOC(=O)N1CCC(NC(=O)c2ccc3nc(C)sc3c2)CC1. The smallest absolute Gasteiger partial charge is 0.409 e. The molecule has 0 unspecified atom stereocenters. The van der Waals surface area contributed by atoms with Gasteiger partial charge in [0, 0.05) is 24.7 Å². The second-order valence-electron chi connectivity index (χ2n) is 5.85. The molecule has 128 valence electrons. The van der Waals surface area contributed by atoms with Gasteiger partial charge in [-0.05, 0) is 44.9 Å². The van der Waals surface area contributed by atoms with Gasteiger partial charge in [-0.15, -0.1) is 11.3 Å². The Kier molecular flexibility index (Phi) is 4.99. The fraction of sp³-hybridized carbons (Fsp3) is 0.471. The lowest BCUT2D eigenvalue weighted by molar-refractivity contribution is 0.0860. The van der Waals surface area contributed by atoms with Crippen LogP contribution in [0.25, 0.3) is 10.2 Å². The summed E-state index contributed by atoms with van der Waals surface area (Å²) in [7, 11) is 0. The van der Waals surface area contributed by atoms with E-state index in [0.29, 0.717) is 25.3 Å². The van der Waals surface area contributed by atoms with Crippen molar-refractivity contribution in [3.63, 3.8) is 0 Å². The van der Waals surface area contributed by atoms with Crippen LogP contribution in [0.2, 0.25) is 0 Å². The molecule has 0 spiro atoms. The zero-order valence-corrected chi connectivity index (χ0v) is 14.7. The number of aryl methyl sites for hydroxylation is 1. The summed E-state index contributed by atoms with van der Waals surface area (Å²) in [6.45, 7) is 5.36. The summed E-state index contributed by atoms with van der Waals surface area (Å²) in [6.07, 6.45) is 1.21. The summed E-state index contributed by atoms with van der Waals surface area (Å²) >= 11 is 1.59. The molecule has 1 aliphatic rings. The zero-order chi connectivity index (χ0) is 17.1. The van der Waals surface area contributed by atoms with E-state index in [-0.39, 0.29) is 18.0 Å². The second-order valence-corrected chi connectivity index (χ2v) is 7.08. The van der Waals surface area contributed by atoms with Crippen molar-refractivity contribution in [1.82, 2.24) is 15.2 Å². The number of fused-ring (bicyclic) bond motifs is 1. The van der Waals surface area contributed by atoms with Crippen LogP contribution in [0.3, 0.4) is 0 Å². The average Bonchev–Trinajstić information content (AvgIpc) is 2.94. The van der Waals surface area contributed by atoms with Gasteiger partial charge in [0.1, 0.15) is 0 Å². The van der Waals surface area contributed by atoms with E-state index in [9.17, 15) is 9.59 Å². The van der Waals surface area contributed by atoms with E-state index in [1.807, 2.05) is 25.1 Å². The summed E-state index contributed by atoms with van der Waals surface area (Å²) < 4.78 is 6.03. The molecule has 0 bridgehead atoms. The van der Waals surface area contributed by atoms with E-state index >= 15 is 0 Å². The number of ether oxygens (including phenoxy) is 1. The van der Waals surface area contributed by atoms with Gasteiger partial charge in [-0.1, -0.05) is 0 Å². The first-order valence-corrected chi connectivity index (χ1v) is 8.98. The van der Waals surface area contributed by atoms with Crippen LogP contribution in [-0.2, 0) is 4.74 Å². The van der Waals surface area contributed by atoms with Crippen LogP contribution < -0.4 is 5.32 Å². The molecule has 0 saturated carbocycles. The Hall–Kier alpha value is -2.15. The third-order valence-electron chi connectivity index (χ3n) is 4.11. The predicted octanol–water partition coefficient (Wildman–Crippen LogP) is 2.96. The van der Waals surface area contributed by atoms with Crippen LogP contribution >= 0.6 is 11.3 Å². The fourth-order valence-electron chi connectivity index (χ4n) is 2.87. The van der Waals surface area contributed by atoms with E-state index in [4.69, 9.17) is 4.74 Å².